The Balaban J connectivity index is 2.24. The maximum absolute atomic E-state index is 14.4. The van der Waals surface area contributed by atoms with Gasteiger partial charge in [-0.3, -0.25) is 4.79 Å². The number of rotatable bonds is 3. The molecular formula is C18H22BrClF2N2O4. The fraction of sp³-hybridized carbons (Fsp3) is 0.556. The van der Waals surface area contributed by atoms with Crippen molar-refractivity contribution in [3.63, 3.8) is 0 Å². The molecule has 28 heavy (non-hydrogen) atoms. The number of carbonyl (C=O) groups is 2. The van der Waals surface area contributed by atoms with Gasteiger partial charge in [0.05, 0.1) is 21.1 Å². The second-order valence-electron chi connectivity index (χ2n) is 7.44. The largest absolute Gasteiger partial charge is 0.444 e. The molecule has 1 aliphatic rings. The van der Waals surface area contributed by atoms with Crippen molar-refractivity contribution in [3.05, 3.63) is 32.8 Å². The van der Waals surface area contributed by atoms with Crippen molar-refractivity contribution in [3.8, 4) is 0 Å². The molecule has 0 aromatic heterocycles. The van der Waals surface area contributed by atoms with E-state index in [9.17, 15) is 23.5 Å². The number of hydrogen-bond donors (Lipinski definition) is 1. The van der Waals surface area contributed by atoms with Crippen LogP contribution in [0.3, 0.4) is 0 Å². The molecule has 1 saturated heterocycles. The van der Waals surface area contributed by atoms with E-state index < -0.39 is 45.9 Å². The molecule has 6 nitrogen and oxygen atoms in total. The third-order valence-corrected chi connectivity index (χ3v) is 5.55. The summed E-state index contributed by atoms with van der Waals surface area (Å²) in [6.45, 7) is 5.33. The van der Waals surface area contributed by atoms with Gasteiger partial charge in [0.25, 0.3) is 5.91 Å². The van der Waals surface area contributed by atoms with Crippen LogP contribution in [-0.2, 0) is 4.74 Å². The topological polar surface area (TPSA) is 70.1 Å². The van der Waals surface area contributed by atoms with Crippen molar-refractivity contribution < 1.29 is 28.2 Å². The van der Waals surface area contributed by atoms with Gasteiger partial charge in [-0.05, 0) is 49.2 Å². The number of hydrogen-bond acceptors (Lipinski definition) is 4. The van der Waals surface area contributed by atoms with Gasteiger partial charge in [-0.2, -0.15) is 0 Å². The monoisotopic (exact) mass is 482 g/mol. The van der Waals surface area contributed by atoms with Crippen LogP contribution in [0.5, 0.6) is 0 Å². The Bertz CT molecular complexity index is 773. The van der Waals surface area contributed by atoms with Gasteiger partial charge < -0.3 is 19.6 Å². The van der Waals surface area contributed by atoms with E-state index >= 15 is 0 Å². The summed E-state index contributed by atoms with van der Waals surface area (Å²) in [6, 6.07) is 0.202. The predicted molar refractivity (Wildman–Crippen MR) is 103 cm³/mol. The minimum atomic E-state index is -1.03. The molecule has 156 valence electrons. The highest BCUT2D eigenvalue weighted by atomic mass is 79.9. The first-order valence-electron chi connectivity index (χ1n) is 8.69. The number of amides is 2. The van der Waals surface area contributed by atoms with E-state index in [1.165, 1.54) is 9.80 Å². The molecule has 2 amide bonds. The minimum Gasteiger partial charge on any atom is -0.444 e. The Morgan fingerprint density at radius 2 is 2.00 bits per heavy atom. The second-order valence-corrected chi connectivity index (χ2v) is 8.61. The molecule has 1 aromatic carbocycles. The van der Waals surface area contributed by atoms with Crippen LogP contribution in [-0.4, -0.2) is 64.8 Å². The number of aliphatic hydroxyl groups excluding tert-OH is 1. The Labute approximate surface area is 175 Å². The number of piperazine rings is 1. The summed E-state index contributed by atoms with van der Waals surface area (Å²) in [6.07, 6.45) is -0.370. The van der Waals surface area contributed by atoms with Crippen molar-refractivity contribution in [2.24, 2.45) is 0 Å². The van der Waals surface area contributed by atoms with E-state index in [2.05, 4.69) is 15.9 Å². The van der Waals surface area contributed by atoms with Crippen LogP contribution in [0, 0.1) is 11.6 Å². The number of nitrogens with zero attached hydrogens (tertiary/aromatic N) is 2. The SMILES string of the molecule is CC(C)(C)OC(=O)N1CCN(C(=O)c2cc(F)c(Br)c(Cl)c2F)[C@@H](CCO)C1. The van der Waals surface area contributed by atoms with Crippen LogP contribution in [0.4, 0.5) is 13.6 Å². The maximum atomic E-state index is 14.4. The van der Waals surface area contributed by atoms with Gasteiger partial charge in [0.1, 0.15) is 11.4 Å². The van der Waals surface area contributed by atoms with E-state index in [1.807, 2.05) is 0 Å². The molecule has 0 aliphatic carbocycles. The van der Waals surface area contributed by atoms with Gasteiger partial charge in [0.15, 0.2) is 5.82 Å². The quantitative estimate of drug-likeness (QED) is 0.524. The minimum absolute atomic E-state index is 0.0808. The highest BCUT2D eigenvalue weighted by molar-refractivity contribution is 9.10. The van der Waals surface area contributed by atoms with Gasteiger partial charge in [0, 0.05) is 26.2 Å². The van der Waals surface area contributed by atoms with Crippen LogP contribution in [0.25, 0.3) is 0 Å². The van der Waals surface area contributed by atoms with Crippen LogP contribution >= 0.6 is 27.5 Å². The highest BCUT2D eigenvalue weighted by Gasteiger charge is 2.36. The number of ether oxygens (including phenoxy) is 1. The fourth-order valence-corrected chi connectivity index (χ4v) is 3.37. The summed E-state index contributed by atoms with van der Waals surface area (Å²) in [5, 5.41) is 8.83. The normalized spacial score (nSPS) is 17.6. The summed E-state index contributed by atoms with van der Waals surface area (Å²) < 4.78 is 33.5. The Kier molecular flexibility index (Phi) is 7.27. The van der Waals surface area contributed by atoms with E-state index in [1.54, 1.807) is 20.8 Å². The van der Waals surface area contributed by atoms with Crippen molar-refractivity contribution in [1.82, 2.24) is 9.80 Å². The smallest absolute Gasteiger partial charge is 0.410 e. The van der Waals surface area contributed by atoms with E-state index in [-0.39, 0.29) is 37.1 Å². The van der Waals surface area contributed by atoms with Crippen molar-refractivity contribution in [2.45, 2.75) is 38.8 Å². The molecule has 1 fully saturated rings. The van der Waals surface area contributed by atoms with E-state index in [0.717, 1.165) is 6.07 Å². The average molecular weight is 484 g/mol. The van der Waals surface area contributed by atoms with Gasteiger partial charge in [-0.1, -0.05) is 11.6 Å². The van der Waals surface area contributed by atoms with Gasteiger partial charge in [-0.15, -0.1) is 0 Å². The number of aliphatic hydroxyl groups is 1. The molecule has 1 aliphatic heterocycles. The molecule has 0 bridgehead atoms. The first-order valence-corrected chi connectivity index (χ1v) is 9.86. The van der Waals surface area contributed by atoms with Gasteiger partial charge in [0.2, 0.25) is 0 Å². The molecule has 1 aromatic rings. The highest BCUT2D eigenvalue weighted by Crippen LogP contribution is 2.32. The lowest BCUT2D eigenvalue weighted by molar-refractivity contribution is 0.00166. The molecule has 0 saturated carbocycles. The van der Waals surface area contributed by atoms with Crippen LogP contribution in [0.1, 0.15) is 37.6 Å². The molecule has 2 rings (SSSR count). The van der Waals surface area contributed by atoms with Crippen molar-refractivity contribution in [2.75, 3.05) is 26.2 Å². The molecule has 1 heterocycles. The molecular weight excluding hydrogens is 462 g/mol. The summed E-state index contributed by atoms with van der Waals surface area (Å²) in [4.78, 5) is 27.9. The average Bonchev–Trinajstić information content (AvgIpc) is 2.61. The summed E-state index contributed by atoms with van der Waals surface area (Å²) in [5.41, 5.74) is -1.18. The summed E-state index contributed by atoms with van der Waals surface area (Å²) in [7, 11) is 0. The third kappa shape index (κ3) is 5.12. The first-order chi connectivity index (χ1) is 13.0. The standard InChI is InChI=1S/C18H22BrClF2N2O4/c1-18(2,3)28-17(27)23-5-6-24(10(9-23)4-7-25)16(26)11-8-12(21)13(19)14(20)15(11)22/h8,10,25H,4-7,9H2,1-3H3/t10-/m0/s1. The number of carbonyl (C=O) groups excluding carboxylic acids is 2. The van der Waals surface area contributed by atoms with Gasteiger partial charge >= 0.3 is 6.09 Å². The zero-order chi connectivity index (χ0) is 21.2. The maximum Gasteiger partial charge on any atom is 0.410 e. The molecule has 10 heteroatoms. The lowest BCUT2D eigenvalue weighted by Gasteiger charge is -2.41. The van der Waals surface area contributed by atoms with Crippen molar-refractivity contribution >= 4 is 39.5 Å². The zero-order valence-corrected chi connectivity index (χ0v) is 18.1. The van der Waals surface area contributed by atoms with Crippen molar-refractivity contribution in [1.29, 1.82) is 0 Å². The lowest BCUT2D eigenvalue weighted by atomic mass is 10.1. The Morgan fingerprint density at radius 3 is 2.57 bits per heavy atom. The Hall–Kier alpha value is -1.45. The van der Waals surface area contributed by atoms with Crippen LogP contribution < -0.4 is 0 Å². The van der Waals surface area contributed by atoms with Crippen LogP contribution in [0.2, 0.25) is 5.02 Å². The Morgan fingerprint density at radius 1 is 1.36 bits per heavy atom. The second kappa shape index (κ2) is 8.92. The molecule has 0 spiro atoms. The van der Waals surface area contributed by atoms with E-state index in [0.29, 0.717) is 0 Å². The number of benzene rings is 1. The number of halogens is 4. The predicted octanol–water partition coefficient (Wildman–Crippen LogP) is 3.82. The molecule has 0 radical (unpaired) electrons. The van der Waals surface area contributed by atoms with Gasteiger partial charge in [-0.25, -0.2) is 13.6 Å². The summed E-state index contributed by atoms with van der Waals surface area (Å²) in [5.74, 6) is -2.65. The first kappa shape index (κ1) is 22.8. The lowest BCUT2D eigenvalue weighted by Crippen LogP contribution is -2.57. The summed E-state index contributed by atoms with van der Waals surface area (Å²) >= 11 is 8.58. The zero-order valence-electron chi connectivity index (χ0n) is 15.8. The molecule has 1 atom stereocenters. The molecule has 1 N–H and O–H groups in total. The van der Waals surface area contributed by atoms with Crippen LogP contribution in [0.15, 0.2) is 10.5 Å². The third-order valence-electron chi connectivity index (χ3n) is 4.19. The molecule has 0 unspecified atom stereocenters. The van der Waals surface area contributed by atoms with E-state index in [4.69, 9.17) is 16.3 Å². The fourth-order valence-electron chi connectivity index (χ4n) is 2.89.